The number of aromatic nitrogens is 3. The molecule has 1 fully saturated rings. The van der Waals surface area contributed by atoms with Crippen molar-refractivity contribution >= 4 is 46.9 Å². The molecule has 4 heterocycles. The summed E-state index contributed by atoms with van der Waals surface area (Å²) in [4.78, 5) is 58.1. The zero-order chi connectivity index (χ0) is 36.1. The Bertz CT molecular complexity index is 1890. The third kappa shape index (κ3) is 8.87. The van der Waals surface area contributed by atoms with Crippen molar-refractivity contribution in [1.29, 1.82) is 0 Å². The number of hydrogen-bond donors (Lipinski definition) is 3. The molecule has 1 saturated heterocycles. The number of carbonyl (C=O) groups is 3. The number of fused-ring (bicyclic) bond motifs is 1. The monoisotopic (exact) mass is 694 g/mol. The van der Waals surface area contributed by atoms with Crippen LogP contribution < -0.4 is 26.1 Å². The van der Waals surface area contributed by atoms with E-state index in [9.17, 15) is 14.4 Å². The number of benzene rings is 2. The Hall–Kier alpha value is -5.80. The number of ether oxygens (including phenoxy) is 2. The number of likely N-dealkylation sites (tertiary alicyclic amines) is 1. The van der Waals surface area contributed by atoms with Gasteiger partial charge in [0.25, 0.3) is 5.91 Å². The Labute approximate surface area is 296 Å². The highest BCUT2D eigenvalue weighted by atomic mass is 16.6. The number of pyridine rings is 1. The van der Waals surface area contributed by atoms with E-state index >= 15 is 0 Å². The molecule has 15 nitrogen and oxygen atoms in total. The molecule has 15 heteroatoms. The van der Waals surface area contributed by atoms with Crippen LogP contribution in [0.25, 0.3) is 0 Å². The molecular formula is C36H42N10O5. The number of amides is 4. The maximum Gasteiger partial charge on any atom is 0.412 e. The van der Waals surface area contributed by atoms with E-state index in [2.05, 4.69) is 25.5 Å². The third-order valence-corrected chi connectivity index (χ3v) is 8.13. The van der Waals surface area contributed by atoms with Crippen molar-refractivity contribution in [2.24, 2.45) is 5.84 Å². The Morgan fingerprint density at radius 2 is 1.73 bits per heavy atom. The summed E-state index contributed by atoms with van der Waals surface area (Å²) in [5.74, 6) is 6.80. The largest absolute Gasteiger partial charge is 0.457 e. The maximum atomic E-state index is 14.2. The van der Waals surface area contributed by atoms with Gasteiger partial charge in [-0.25, -0.2) is 25.3 Å². The molecule has 4 amide bonds. The summed E-state index contributed by atoms with van der Waals surface area (Å²) in [7, 11) is 1.44. The standard InChI is InChI=1S/C36H42N10O5/c1-36(2,3)51-34(48)41-26-8-7-9-27(20-26)46-31-24(23-45(35(46)49)19-18-44-16-5-6-17-44)22-39-33(42-31)40-25-10-12-28(13-11-25)50-29-14-15-38-30(21-29)32(47)43(4)37/h7-15,20-22H,5-6,16-19,23,37H2,1-4H3,(H,41,48)(H,39,40,42). The highest BCUT2D eigenvalue weighted by Gasteiger charge is 2.34. The van der Waals surface area contributed by atoms with Gasteiger partial charge in [0.05, 0.1) is 12.2 Å². The molecule has 0 saturated carbocycles. The molecule has 2 aromatic heterocycles. The van der Waals surface area contributed by atoms with E-state index in [0.717, 1.165) is 30.2 Å². The number of hydrazine groups is 1. The van der Waals surface area contributed by atoms with E-state index in [-0.39, 0.29) is 17.7 Å². The second-order valence-corrected chi connectivity index (χ2v) is 13.4. The van der Waals surface area contributed by atoms with Gasteiger partial charge < -0.3 is 24.6 Å². The topological polar surface area (TPSA) is 171 Å². The second kappa shape index (κ2) is 15.0. The lowest BCUT2D eigenvalue weighted by molar-refractivity contribution is 0.0635. The van der Waals surface area contributed by atoms with Gasteiger partial charge in [0, 0.05) is 55.5 Å². The first kappa shape index (κ1) is 35.0. The lowest BCUT2D eigenvalue weighted by Gasteiger charge is -2.37. The van der Waals surface area contributed by atoms with E-state index in [1.807, 2.05) is 0 Å². The van der Waals surface area contributed by atoms with Crippen LogP contribution in [0.4, 0.5) is 38.4 Å². The average molecular weight is 695 g/mol. The van der Waals surface area contributed by atoms with Gasteiger partial charge in [-0.05, 0) is 95.2 Å². The predicted octanol–water partition coefficient (Wildman–Crippen LogP) is 5.87. The van der Waals surface area contributed by atoms with Crippen molar-refractivity contribution in [2.45, 2.75) is 45.8 Å². The Balaban J connectivity index is 1.22. The molecule has 0 aliphatic carbocycles. The number of rotatable bonds is 10. The summed E-state index contributed by atoms with van der Waals surface area (Å²) in [6, 6.07) is 17.1. The van der Waals surface area contributed by atoms with Gasteiger partial charge in [-0.3, -0.25) is 20.1 Å². The Morgan fingerprint density at radius 3 is 2.45 bits per heavy atom. The summed E-state index contributed by atoms with van der Waals surface area (Å²) < 4.78 is 11.4. The predicted molar refractivity (Wildman–Crippen MR) is 192 cm³/mol. The van der Waals surface area contributed by atoms with Gasteiger partial charge in [-0.1, -0.05) is 6.07 Å². The molecule has 4 N–H and O–H groups in total. The van der Waals surface area contributed by atoms with Crippen molar-refractivity contribution in [2.75, 3.05) is 48.8 Å². The first-order chi connectivity index (χ1) is 24.4. The van der Waals surface area contributed by atoms with Crippen molar-refractivity contribution in [3.8, 4) is 11.5 Å². The van der Waals surface area contributed by atoms with Crippen LogP contribution in [0.3, 0.4) is 0 Å². The summed E-state index contributed by atoms with van der Waals surface area (Å²) in [5.41, 5.74) is 1.97. The van der Waals surface area contributed by atoms with Crippen LogP contribution in [-0.4, -0.2) is 86.6 Å². The molecule has 4 aromatic rings. The summed E-state index contributed by atoms with van der Waals surface area (Å²) in [5, 5.41) is 6.94. The molecule has 0 bridgehead atoms. The van der Waals surface area contributed by atoms with Crippen molar-refractivity contribution in [1.82, 2.24) is 29.8 Å². The summed E-state index contributed by atoms with van der Waals surface area (Å²) in [6.07, 6.45) is 4.95. The number of nitrogens with one attached hydrogen (secondary N) is 2. The molecule has 0 spiro atoms. The molecule has 2 aliphatic heterocycles. The summed E-state index contributed by atoms with van der Waals surface area (Å²) >= 11 is 0. The number of urea groups is 1. The number of anilines is 5. The highest BCUT2D eigenvalue weighted by Crippen LogP contribution is 2.35. The van der Waals surface area contributed by atoms with Gasteiger partial charge in [-0.15, -0.1) is 0 Å². The number of carbonyl (C=O) groups excluding carboxylic acids is 3. The zero-order valence-corrected chi connectivity index (χ0v) is 29.1. The molecule has 0 radical (unpaired) electrons. The zero-order valence-electron chi connectivity index (χ0n) is 29.1. The second-order valence-electron chi connectivity index (χ2n) is 13.4. The Morgan fingerprint density at radius 1 is 0.961 bits per heavy atom. The van der Waals surface area contributed by atoms with Crippen molar-refractivity contribution in [3.63, 3.8) is 0 Å². The lowest BCUT2D eigenvalue weighted by Crippen LogP contribution is -2.47. The fraction of sp³-hybridized carbons (Fsp3) is 0.333. The van der Waals surface area contributed by atoms with Crippen LogP contribution in [0, 0.1) is 0 Å². The van der Waals surface area contributed by atoms with Crippen molar-refractivity contribution in [3.05, 3.63) is 84.3 Å². The number of nitrogens with zero attached hydrogens (tertiary/aromatic N) is 7. The van der Waals surface area contributed by atoms with Gasteiger partial charge >= 0.3 is 12.1 Å². The normalized spacial score (nSPS) is 14.6. The average Bonchev–Trinajstić information content (AvgIpc) is 3.61. The SMILES string of the molecule is CN(N)C(=O)c1cc(Oc2ccc(Nc3ncc4c(n3)N(c3cccc(NC(=O)OC(C)(C)C)c3)C(=O)N(CCN3CCCC3)C4)cc2)ccn1. The quantitative estimate of drug-likeness (QED) is 0.103. The fourth-order valence-corrected chi connectivity index (χ4v) is 5.73. The number of nitrogens with two attached hydrogens (primary N) is 1. The van der Waals surface area contributed by atoms with E-state index in [1.165, 1.54) is 32.2 Å². The van der Waals surface area contributed by atoms with Gasteiger partial charge in [0.1, 0.15) is 22.8 Å². The van der Waals surface area contributed by atoms with Gasteiger partial charge in [-0.2, -0.15) is 4.98 Å². The first-order valence-corrected chi connectivity index (χ1v) is 16.7. The van der Waals surface area contributed by atoms with Crippen LogP contribution in [0.2, 0.25) is 0 Å². The number of hydrogen-bond acceptors (Lipinski definition) is 11. The molecule has 266 valence electrons. The van der Waals surface area contributed by atoms with Crippen LogP contribution >= 0.6 is 0 Å². The van der Waals surface area contributed by atoms with E-state index in [4.69, 9.17) is 20.3 Å². The van der Waals surface area contributed by atoms with E-state index < -0.39 is 17.6 Å². The van der Waals surface area contributed by atoms with E-state index in [1.54, 1.807) is 91.4 Å². The highest BCUT2D eigenvalue weighted by molar-refractivity contribution is 6.01. The van der Waals surface area contributed by atoms with Crippen LogP contribution in [-0.2, 0) is 11.3 Å². The molecule has 2 aliphatic rings. The summed E-state index contributed by atoms with van der Waals surface area (Å²) in [6.45, 7) is 9.14. The smallest absolute Gasteiger partial charge is 0.412 e. The minimum Gasteiger partial charge on any atom is -0.457 e. The van der Waals surface area contributed by atoms with Crippen LogP contribution in [0.5, 0.6) is 11.5 Å². The molecule has 6 rings (SSSR count). The van der Waals surface area contributed by atoms with Crippen LogP contribution in [0.1, 0.15) is 49.7 Å². The first-order valence-electron chi connectivity index (χ1n) is 16.7. The molecule has 2 aromatic carbocycles. The lowest BCUT2D eigenvalue weighted by atomic mass is 10.1. The van der Waals surface area contributed by atoms with Crippen molar-refractivity contribution < 1.29 is 23.9 Å². The minimum absolute atomic E-state index is 0.161. The molecule has 0 unspecified atom stereocenters. The molecular weight excluding hydrogens is 652 g/mol. The maximum absolute atomic E-state index is 14.2. The fourth-order valence-electron chi connectivity index (χ4n) is 5.73. The van der Waals surface area contributed by atoms with Gasteiger partial charge in [0.2, 0.25) is 5.95 Å². The molecule has 0 atom stereocenters. The minimum atomic E-state index is -0.666. The van der Waals surface area contributed by atoms with E-state index in [0.29, 0.717) is 47.5 Å². The van der Waals surface area contributed by atoms with Gasteiger partial charge in [0.15, 0.2) is 5.82 Å². The Kier molecular flexibility index (Phi) is 10.3. The third-order valence-electron chi connectivity index (χ3n) is 8.13. The molecule has 51 heavy (non-hydrogen) atoms. The van der Waals surface area contributed by atoms with Crippen LogP contribution in [0.15, 0.2) is 73.1 Å².